The van der Waals surface area contributed by atoms with E-state index in [1.807, 2.05) is 24.1 Å². The highest BCUT2D eigenvalue weighted by molar-refractivity contribution is 6.34. The normalized spacial score (nSPS) is 12.2. The predicted molar refractivity (Wildman–Crippen MR) is 83.1 cm³/mol. The zero-order chi connectivity index (χ0) is 14.7. The monoisotopic (exact) mass is 312 g/mol. The molecule has 1 unspecified atom stereocenters. The summed E-state index contributed by atoms with van der Waals surface area (Å²) in [4.78, 5) is 1.97. The van der Waals surface area contributed by atoms with E-state index in [1.54, 1.807) is 18.2 Å². The molecule has 0 saturated carbocycles. The first-order valence-corrected chi connectivity index (χ1v) is 6.91. The van der Waals surface area contributed by atoms with Crippen LogP contribution in [-0.4, -0.2) is 13.6 Å². The summed E-state index contributed by atoms with van der Waals surface area (Å²) in [5.74, 6) is -0.266. The van der Waals surface area contributed by atoms with Crippen molar-refractivity contribution < 1.29 is 4.39 Å². The van der Waals surface area contributed by atoms with E-state index < -0.39 is 0 Å². The SMILES string of the molecule is CN(c1ccc(F)cc1)C(CN)c1cc(Cl)cc(Cl)c1. The lowest BCUT2D eigenvalue weighted by Gasteiger charge is -2.29. The number of hydrogen-bond donors (Lipinski definition) is 1. The van der Waals surface area contributed by atoms with Crippen LogP contribution in [0.5, 0.6) is 0 Å². The molecule has 2 aromatic carbocycles. The van der Waals surface area contributed by atoms with Crippen molar-refractivity contribution in [3.63, 3.8) is 0 Å². The van der Waals surface area contributed by atoms with Crippen LogP contribution in [0, 0.1) is 5.82 Å². The van der Waals surface area contributed by atoms with Crippen molar-refractivity contribution >= 4 is 28.9 Å². The first-order valence-electron chi connectivity index (χ1n) is 6.15. The Balaban J connectivity index is 2.33. The van der Waals surface area contributed by atoms with E-state index in [1.165, 1.54) is 12.1 Å². The molecule has 0 bridgehead atoms. The maximum absolute atomic E-state index is 13.0. The molecule has 2 rings (SSSR count). The summed E-state index contributed by atoms with van der Waals surface area (Å²) < 4.78 is 13.0. The average molecular weight is 313 g/mol. The van der Waals surface area contributed by atoms with E-state index in [4.69, 9.17) is 28.9 Å². The van der Waals surface area contributed by atoms with E-state index in [-0.39, 0.29) is 11.9 Å². The van der Waals surface area contributed by atoms with Crippen molar-refractivity contribution in [2.45, 2.75) is 6.04 Å². The third kappa shape index (κ3) is 3.42. The van der Waals surface area contributed by atoms with Gasteiger partial charge in [0.15, 0.2) is 0 Å². The summed E-state index contributed by atoms with van der Waals surface area (Å²) in [7, 11) is 1.90. The fourth-order valence-electron chi connectivity index (χ4n) is 2.14. The minimum atomic E-state index is -0.266. The van der Waals surface area contributed by atoms with Gasteiger partial charge in [0.25, 0.3) is 0 Å². The van der Waals surface area contributed by atoms with Gasteiger partial charge in [0, 0.05) is 29.3 Å². The van der Waals surface area contributed by atoms with Crippen LogP contribution in [0.25, 0.3) is 0 Å². The van der Waals surface area contributed by atoms with Crippen LogP contribution in [0.1, 0.15) is 11.6 Å². The van der Waals surface area contributed by atoms with Gasteiger partial charge in [0.2, 0.25) is 0 Å². The Morgan fingerprint density at radius 3 is 2.15 bits per heavy atom. The number of halogens is 3. The minimum absolute atomic E-state index is 0.0864. The van der Waals surface area contributed by atoms with Gasteiger partial charge in [0.1, 0.15) is 5.82 Å². The molecule has 20 heavy (non-hydrogen) atoms. The van der Waals surface area contributed by atoms with Crippen LogP contribution in [-0.2, 0) is 0 Å². The molecule has 2 aromatic rings. The first kappa shape index (κ1) is 15.1. The van der Waals surface area contributed by atoms with Crippen LogP contribution in [0.3, 0.4) is 0 Å². The molecule has 2 N–H and O–H groups in total. The molecule has 0 spiro atoms. The van der Waals surface area contributed by atoms with Crippen LogP contribution in [0.2, 0.25) is 10.0 Å². The third-order valence-corrected chi connectivity index (χ3v) is 3.63. The van der Waals surface area contributed by atoms with Crippen LogP contribution in [0.4, 0.5) is 10.1 Å². The maximum atomic E-state index is 13.0. The fourth-order valence-corrected chi connectivity index (χ4v) is 2.68. The van der Waals surface area contributed by atoms with E-state index in [2.05, 4.69) is 0 Å². The molecule has 0 fully saturated rings. The Morgan fingerprint density at radius 1 is 1.10 bits per heavy atom. The molecule has 106 valence electrons. The summed E-state index contributed by atoms with van der Waals surface area (Å²) in [5.41, 5.74) is 7.67. The molecule has 1 atom stereocenters. The molecule has 2 nitrogen and oxygen atoms in total. The first-order chi connectivity index (χ1) is 9.51. The smallest absolute Gasteiger partial charge is 0.123 e. The lowest BCUT2D eigenvalue weighted by Crippen LogP contribution is -2.30. The number of nitrogens with two attached hydrogens (primary N) is 1. The lowest BCUT2D eigenvalue weighted by molar-refractivity contribution is 0.626. The number of hydrogen-bond acceptors (Lipinski definition) is 2. The van der Waals surface area contributed by atoms with Gasteiger partial charge in [-0.15, -0.1) is 0 Å². The second-order valence-electron chi connectivity index (χ2n) is 4.54. The molecule has 0 aliphatic heterocycles. The lowest BCUT2D eigenvalue weighted by atomic mass is 10.0. The van der Waals surface area contributed by atoms with E-state index in [0.717, 1.165) is 11.3 Å². The zero-order valence-corrected chi connectivity index (χ0v) is 12.5. The molecular formula is C15H15Cl2FN2. The molecule has 0 aliphatic carbocycles. The van der Waals surface area contributed by atoms with Gasteiger partial charge in [-0.2, -0.15) is 0 Å². The highest BCUT2D eigenvalue weighted by atomic mass is 35.5. The Labute approximate surface area is 127 Å². The van der Waals surface area contributed by atoms with Crippen molar-refractivity contribution in [2.75, 3.05) is 18.5 Å². The van der Waals surface area contributed by atoms with Gasteiger partial charge in [0.05, 0.1) is 6.04 Å². The van der Waals surface area contributed by atoms with Gasteiger partial charge >= 0.3 is 0 Å². The molecular weight excluding hydrogens is 298 g/mol. The number of nitrogens with zero attached hydrogens (tertiary/aromatic N) is 1. The topological polar surface area (TPSA) is 29.3 Å². The number of likely N-dealkylation sites (N-methyl/N-ethyl adjacent to an activating group) is 1. The quantitative estimate of drug-likeness (QED) is 0.913. The maximum Gasteiger partial charge on any atom is 0.123 e. The van der Waals surface area contributed by atoms with Crippen LogP contribution < -0.4 is 10.6 Å². The van der Waals surface area contributed by atoms with Gasteiger partial charge < -0.3 is 10.6 Å². The van der Waals surface area contributed by atoms with Crippen molar-refractivity contribution in [1.29, 1.82) is 0 Å². The van der Waals surface area contributed by atoms with Gasteiger partial charge in [-0.05, 0) is 48.0 Å². The molecule has 0 radical (unpaired) electrons. The predicted octanol–water partition coefficient (Wildman–Crippen LogP) is 4.27. The molecule has 0 amide bonds. The van der Waals surface area contributed by atoms with E-state index in [9.17, 15) is 4.39 Å². The van der Waals surface area contributed by atoms with E-state index in [0.29, 0.717) is 16.6 Å². The number of rotatable bonds is 4. The summed E-state index contributed by atoms with van der Waals surface area (Å²) in [6.45, 7) is 0.393. The van der Waals surface area contributed by atoms with Crippen LogP contribution in [0.15, 0.2) is 42.5 Å². The Kier molecular flexibility index (Phi) is 4.86. The second kappa shape index (κ2) is 6.44. The average Bonchev–Trinajstić information content (AvgIpc) is 2.39. The number of anilines is 1. The second-order valence-corrected chi connectivity index (χ2v) is 5.41. The van der Waals surface area contributed by atoms with E-state index >= 15 is 0 Å². The summed E-state index contributed by atoms with van der Waals surface area (Å²) in [5, 5.41) is 1.14. The number of benzene rings is 2. The van der Waals surface area contributed by atoms with Gasteiger partial charge in [-0.3, -0.25) is 0 Å². The largest absolute Gasteiger partial charge is 0.366 e. The molecule has 0 aromatic heterocycles. The zero-order valence-electron chi connectivity index (χ0n) is 11.0. The Hall–Kier alpha value is -1.29. The summed E-state index contributed by atoms with van der Waals surface area (Å²) in [6, 6.07) is 11.5. The highest BCUT2D eigenvalue weighted by Crippen LogP contribution is 2.29. The van der Waals surface area contributed by atoms with Crippen molar-refractivity contribution in [2.24, 2.45) is 5.73 Å². The molecule has 0 aliphatic rings. The molecule has 0 saturated heterocycles. The Morgan fingerprint density at radius 2 is 1.65 bits per heavy atom. The summed E-state index contributed by atoms with van der Waals surface area (Å²) in [6.07, 6.45) is 0. The summed E-state index contributed by atoms with van der Waals surface area (Å²) >= 11 is 12.1. The Bertz CT molecular complexity index is 567. The van der Waals surface area contributed by atoms with Crippen molar-refractivity contribution in [3.05, 3.63) is 63.9 Å². The highest BCUT2D eigenvalue weighted by Gasteiger charge is 2.17. The minimum Gasteiger partial charge on any atom is -0.366 e. The molecule has 5 heteroatoms. The standard InChI is InChI=1S/C15H15Cl2FN2/c1-20(14-4-2-13(18)3-5-14)15(9-19)10-6-11(16)8-12(17)7-10/h2-8,15H,9,19H2,1H3. The van der Waals surface area contributed by atoms with Crippen LogP contribution >= 0.6 is 23.2 Å². The van der Waals surface area contributed by atoms with Gasteiger partial charge in [-0.25, -0.2) is 4.39 Å². The third-order valence-electron chi connectivity index (χ3n) is 3.19. The van der Waals surface area contributed by atoms with Crippen molar-refractivity contribution in [3.8, 4) is 0 Å². The fraction of sp³-hybridized carbons (Fsp3) is 0.200. The van der Waals surface area contributed by atoms with Gasteiger partial charge in [-0.1, -0.05) is 23.2 Å². The van der Waals surface area contributed by atoms with Crippen molar-refractivity contribution in [1.82, 2.24) is 0 Å². The molecule has 0 heterocycles.